The number of hydrogen-bond donors (Lipinski definition) is 2. The van der Waals surface area contributed by atoms with Crippen molar-refractivity contribution in [2.24, 2.45) is 0 Å². The van der Waals surface area contributed by atoms with E-state index in [0.29, 0.717) is 0 Å². The van der Waals surface area contributed by atoms with E-state index in [1.165, 1.54) is 0 Å². The summed E-state index contributed by atoms with van der Waals surface area (Å²) in [6.45, 7) is 3.39. The van der Waals surface area contributed by atoms with E-state index in [0.717, 1.165) is 48.9 Å². The molecule has 3 rings (SSSR count). The molecule has 1 aliphatic rings. The summed E-state index contributed by atoms with van der Waals surface area (Å²) < 4.78 is 0. The Kier molecular flexibility index (Phi) is 4.18. The molecule has 2 aromatic carbocycles. The maximum absolute atomic E-state index is 11.8. The van der Waals surface area contributed by atoms with E-state index in [9.17, 15) is 9.90 Å². The number of benzene rings is 2. The average Bonchev–Trinajstić information content (AvgIpc) is 2.76. The van der Waals surface area contributed by atoms with Gasteiger partial charge in [-0.15, -0.1) is 0 Å². The van der Waals surface area contributed by atoms with E-state index >= 15 is 0 Å². The minimum absolute atomic E-state index is 0.561. The van der Waals surface area contributed by atoms with Crippen molar-refractivity contribution in [1.82, 2.24) is 10.2 Å². The van der Waals surface area contributed by atoms with Gasteiger partial charge in [-0.1, -0.05) is 36.4 Å². The first-order valence-electron chi connectivity index (χ1n) is 7.42. The lowest BCUT2D eigenvalue weighted by Gasteiger charge is -2.27. The molecule has 2 aromatic rings. The predicted octanol–water partition coefficient (Wildman–Crippen LogP) is 2.26. The molecule has 0 aliphatic carbocycles. The molecular weight excluding hydrogens is 264 g/mol. The second-order valence-corrected chi connectivity index (χ2v) is 5.49. The monoisotopic (exact) mass is 284 g/mol. The summed E-state index contributed by atoms with van der Waals surface area (Å²) in [7, 11) is 0. The highest BCUT2D eigenvalue weighted by Crippen LogP contribution is 2.25. The van der Waals surface area contributed by atoms with Crippen LogP contribution in [0.5, 0.6) is 0 Å². The number of aliphatic carboxylic acids is 1. The van der Waals surface area contributed by atoms with Crippen molar-refractivity contribution in [2.45, 2.75) is 12.5 Å². The summed E-state index contributed by atoms with van der Waals surface area (Å²) in [5.41, 5.74) is 0.864. The molecule has 4 heteroatoms. The second kappa shape index (κ2) is 6.24. The second-order valence-electron chi connectivity index (χ2n) is 5.49. The van der Waals surface area contributed by atoms with E-state index in [1.54, 1.807) is 0 Å². The molecule has 0 spiro atoms. The fourth-order valence-electron chi connectivity index (χ4n) is 3.01. The standard InChI is InChI=1S/C17H20N2O2/c20-17(21)16(19-10-3-8-18-9-11-19)15-7-6-13-4-1-2-5-14(13)12-15/h1-2,4-7,12,16,18H,3,8-11H2,(H,20,21). The van der Waals surface area contributed by atoms with Gasteiger partial charge < -0.3 is 10.4 Å². The van der Waals surface area contributed by atoms with Crippen LogP contribution in [-0.4, -0.2) is 42.2 Å². The summed E-state index contributed by atoms with van der Waals surface area (Å²) in [5, 5.41) is 15.2. The molecule has 21 heavy (non-hydrogen) atoms. The van der Waals surface area contributed by atoms with Crippen LogP contribution < -0.4 is 5.32 Å². The molecule has 0 bridgehead atoms. The van der Waals surface area contributed by atoms with E-state index in [2.05, 4.69) is 10.2 Å². The Morgan fingerprint density at radius 3 is 2.71 bits per heavy atom. The number of carboxylic acids is 1. The van der Waals surface area contributed by atoms with Crippen LogP contribution in [0.4, 0.5) is 0 Å². The largest absolute Gasteiger partial charge is 0.480 e. The van der Waals surface area contributed by atoms with E-state index in [-0.39, 0.29) is 0 Å². The van der Waals surface area contributed by atoms with Gasteiger partial charge in [0.1, 0.15) is 6.04 Å². The highest BCUT2D eigenvalue weighted by Gasteiger charge is 2.27. The zero-order valence-corrected chi connectivity index (χ0v) is 12.0. The fourth-order valence-corrected chi connectivity index (χ4v) is 3.01. The molecule has 1 atom stereocenters. The average molecular weight is 284 g/mol. The fraction of sp³-hybridized carbons (Fsp3) is 0.353. The lowest BCUT2D eigenvalue weighted by Crippen LogP contribution is -2.36. The molecule has 1 fully saturated rings. The number of fused-ring (bicyclic) bond motifs is 1. The topological polar surface area (TPSA) is 52.6 Å². The van der Waals surface area contributed by atoms with Gasteiger partial charge in [-0.2, -0.15) is 0 Å². The van der Waals surface area contributed by atoms with Crippen LogP contribution in [-0.2, 0) is 4.79 Å². The third-order valence-corrected chi connectivity index (χ3v) is 4.06. The van der Waals surface area contributed by atoms with Crippen molar-refractivity contribution in [2.75, 3.05) is 26.2 Å². The van der Waals surface area contributed by atoms with Crippen molar-refractivity contribution in [3.05, 3.63) is 48.0 Å². The van der Waals surface area contributed by atoms with Crippen LogP contribution in [0.25, 0.3) is 10.8 Å². The Morgan fingerprint density at radius 1 is 1.10 bits per heavy atom. The van der Waals surface area contributed by atoms with Gasteiger partial charge in [0.2, 0.25) is 0 Å². The Bertz CT molecular complexity index is 633. The minimum atomic E-state index is -0.771. The zero-order valence-electron chi connectivity index (χ0n) is 12.0. The molecule has 0 radical (unpaired) electrons. The molecule has 1 heterocycles. The Hall–Kier alpha value is -1.91. The van der Waals surface area contributed by atoms with Gasteiger partial charge in [0.25, 0.3) is 0 Å². The van der Waals surface area contributed by atoms with Crippen LogP contribution in [0, 0.1) is 0 Å². The number of hydrogen-bond acceptors (Lipinski definition) is 3. The first kappa shape index (κ1) is 14.0. The summed E-state index contributed by atoms with van der Waals surface area (Å²) in [6, 6.07) is 13.5. The van der Waals surface area contributed by atoms with Gasteiger partial charge in [0, 0.05) is 19.6 Å². The van der Waals surface area contributed by atoms with E-state index in [1.807, 2.05) is 42.5 Å². The molecular formula is C17H20N2O2. The van der Waals surface area contributed by atoms with E-state index in [4.69, 9.17) is 0 Å². The highest BCUT2D eigenvalue weighted by atomic mass is 16.4. The summed E-state index contributed by atoms with van der Waals surface area (Å²) in [5.74, 6) is -0.771. The lowest BCUT2D eigenvalue weighted by atomic mass is 10.0. The van der Waals surface area contributed by atoms with Gasteiger partial charge in [0.05, 0.1) is 0 Å². The molecule has 1 unspecified atom stereocenters. The van der Waals surface area contributed by atoms with Gasteiger partial charge in [-0.3, -0.25) is 9.69 Å². The van der Waals surface area contributed by atoms with Crippen molar-refractivity contribution in [3.63, 3.8) is 0 Å². The number of carbonyl (C=O) groups is 1. The summed E-state index contributed by atoms with van der Waals surface area (Å²) in [4.78, 5) is 13.8. The number of rotatable bonds is 3. The third kappa shape index (κ3) is 3.06. The Balaban J connectivity index is 1.96. The quantitative estimate of drug-likeness (QED) is 0.908. The Morgan fingerprint density at radius 2 is 1.90 bits per heavy atom. The molecule has 0 amide bonds. The van der Waals surface area contributed by atoms with Crippen molar-refractivity contribution >= 4 is 16.7 Å². The molecule has 1 saturated heterocycles. The smallest absolute Gasteiger partial charge is 0.325 e. The van der Waals surface area contributed by atoms with Crippen molar-refractivity contribution in [3.8, 4) is 0 Å². The summed E-state index contributed by atoms with van der Waals surface area (Å²) >= 11 is 0. The van der Waals surface area contributed by atoms with Crippen LogP contribution in [0.2, 0.25) is 0 Å². The minimum Gasteiger partial charge on any atom is -0.480 e. The van der Waals surface area contributed by atoms with Gasteiger partial charge in [-0.25, -0.2) is 0 Å². The van der Waals surface area contributed by atoms with E-state index < -0.39 is 12.0 Å². The first-order valence-corrected chi connectivity index (χ1v) is 7.42. The predicted molar refractivity (Wildman–Crippen MR) is 83.4 cm³/mol. The van der Waals surface area contributed by atoms with Crippen LogP contribution in [0.15, 0.2) is 42.5 Å². The first-order chi connectivity index (χ1) is 10.3. The molecule has 1 aliphatic heterocycles. The normalized spacial score (nSPS) is 18.3. The molecule has 0 saturated carbocycles. The van der Waals surface area contributed by atoms with Crippen LogP contribution >= 0.6 is 0 Å². The maximum atomic E-state index is 11.8. The number of carboxylic acid groups (broad SMARTS) is 1. The highest BCUT2D eigenvalue weighted by molar-refractivity contribution is 5.85. The van der Waals surface area contributed by atoms with Crippen LogP contribution in [0.3, 0.4) is 0 Å². The maximum Gasteiger partial charge on any atom is 0.325 e. The van der Waals surface area contributed by atoms with Crippen molar-refractivity contribution < 1.29 is 9.90 Å². The van der Waals surface area contributed by atoms with Crippen molar-refractivity contribution in [1.29, 1.82) is 0 Å². The molecule has 110 valence electrons. The number of nitrogens with one attached hydrogen (secondary N) is 1. The summed E-state index contributed by atoms with van der Waals surface area (Å²) in [6.07, 6.45) is 0.983. The molecule has 4 nitrogen and oxygen atoms in total. The van der Waals surface area contributed by atoms with Gasteiger partial charge >= 0.3 is 5.97 Å². The lowest BCUT2D eigenvalue weighted by molar-refractivity contribution is -0.143. The zero-order chi connectivity index (χ0) is 14.7. The van der Waals surface area contributed by atoms with Crippen LogP contribution in [0.1, 0.15) is 18.0 Å². The molecule has 2 N–H and O–H groups in total. The SMILES string of the molecule is O=C(O)C(c1ccc2ccccc2c1)N1CCCNCC1. The van der Waals surface area contributed by atoms with Gasteiger partial charge in [-0.05, 0) is 35.4 Å². The van der Waals surface area contributed by atoms with Gasteiger partial charge in [0.15, 0.2) is 0 Å². The third-order valence-electron chi connectivity index (χ3n) is 4.06. The molecule has 0 aromatic heterocycles. The Labute approximate surface area is 124 Å². The number of nitrogens with zero attached hydrogens (tertiary/aromatic N) is 1.